The molecule has 0 aromatic heterocycles. The van der Waals surface area contributed by atoms with E-state index in [0.29, 0.717) is 6.42 Å². The molecule has 0 fully saturated rings. The Labute approximate surface area is 104 Å². The minimum absolute atomic E-state index is 0.637. The average molecular weight is 234 g/mol. The Morgan fingerprint density at radius 2 is 1.59 bits per heavy atom. The third kappa shape index (κ3) is 4.22. The van der Waals surface area contributed by atoms with Crippen LogP contribution in [0, 0.1) is 5.41 Å². The van der Waals surface area contributed by atoms with Crippen LogP contribution in [0.1, 0.15) is 44.7 Å². The summed E-state index contributed by atoms with van der Waals surface area (Å²) in [7, 11) is 0. The van der Waals surface area contributed by atoms with E-state index in [1.54, 1.807) is 13.8 Å². The fourth-order valence-electron chi connectivity index (χ4n) is 1.73. The molecule has 94 valence electrons. The van der Waals surface area contributed by atoms with Gasteiger partial charge in [-0.3, -0.25) is 4.79 Å². The van der Waals surface area contributed by atoms with Gasteiger partial charge in [-0.1, -0.05) is 37.6 Å². The van der Waals surface area contributed by atoms with Gasteiger partial charge in [0.25, 0.3) is 0 Å². The minimum atomic E-state index is -0.722. The number of carboxylic acids is 1. The summed E-state index contributed by atoms with van der Waals surface area (Å²) in [6.07, 6.45) is 3.77. The predicted octanol–water partition coefficient (Wildman–Crippen LogP) is 3.68. The molecule has 1 N–H and O–H groups in total. The van der Waals surface area contributed by atoms with Gasteiger partial charge in [0.15, 0.2) is 0 Å². The van der Waals surface area contributed by atoms with Crippen LogP contribution in [-0.4, -0.2) is 11.1 Å². The van der Waals surface area contributed by atoms with Gasteiger partial charge in [0.05, 0.1) is 5.41 Å². The summed E-state index contributed by atoms with van der Waals surface area (Å²) in [4.78, 5) is 11.0. The Morgan fingerprint density at radius 1 is 1.12 bits per heavy atom. The monoisotopic (exact) mass is 234 g/mol. The summed E-state index contributed by atoms with van der Waals surface area (Å²) in [5.74, 6) is -0.722. The Balaban J connectivity index is 2.55. The van der Waals surface area contributed by atoms with Crippen LogP contribution in [0.2, 0.25) is 0 Å². The molecule has 2 heteroatoms. The van der Waals surface area contributed by atoms with Gasteiger partial charge in [0.1, 0.15) is 0 Å². The zero-order valence-electron chi connectivity index (χ0n) is 11.0. The normalized spacial score (nSPS) is 11.5. The van der Waals surface area contributed by atoms with Crippen molar-refractivity contribution >= 4 is 5.97 Å². The molecule has 0 bridgehead atoms. The summed E-state index contributed by atoms with van der Waals surface area (Å²) in [5, 5.41) is 9.03. The van der Waals surface area contributed by atoms with Gasteiger partial charge in [-0.15, -0.1) is 0 Å². The molecule has 0 aliphatic carbocycles. The summed E-state index contributed by atoms with van der Waals surface area (Å²) >= 11 is 0. The third-order valence-electron chi connectivity index (χ3n) is 3.18. The van der Waals surface area contributed by atoms with Crippen molar-refractivity contribution in [2.24, 2.45) is 5.41 Å². The van der Waals surface area contributed by atoms with Crippen molar-refractivity contribution < 1.29 is 9.90 Å². The second-order valence-electron chi connectivity index (χ2n) is 5.26. The highest BCUT2D eigenvalue weighted by molar-refractivity contribution is 5.73. The number of aryl methyl sites for hydroxylation is 2. The number of rotatable bonds is 6. The highest BCUT2D eigenvalue weighted by Gasteiger charge is 2.26. The van der Waals surface area contributed by atoms with E-state index in [9.17, 15) is 4.79 Å². The van der Waals surface area contributed by atoms with Crippen molar-refractivity contribution in [3.63, 3.8) is 0 Å². The molecule has 17 heavy (non-hydrogen) atoms. The molecule has 0 saturated carbocycles. The standard InChI is InChI=1S/C15H22O2/c1-4-5-12-6-8-13(9-7-12)10-11-15(2,3)14(16)17/h6-9H,4-5,10-11H2,1-3H3,(H,16,17). The van der Waals surface area contributed by atoms with E-state index >= 15 is 0 Å². The summed E-state index contributed by atoms with van der Waals surface area (Å²) in [5.41, 5.74) is 1.94. The highest BCUT2D eigenvalue weighted by Crippen LogP contribution is 2.23. The SMILES string of the molecule is CCCc1ccc(CCC(C)(C)C(=O)O)cc1. The number of benzene rings is 1. The molecule has 1 aromatic rings. The molecular formula is C15H22O2. The largest absolute Gasteiger partial charge is 0.481 e. The first-order chi connectivity index (χ1) is 7.95. The van der Waals surface area contributed by atoms with E-state index < -0.39 is 11.4 Å². The van der Waals surface area contributed by atoms with Crippen molar-refractivity contribution in [3.05, 3.63) is 35.4 Å². The lowest BCUT2D eigenvalue weighted by Crippen LogP contribution is -2.24. The third-order valence-corrected chi connectivity index (χ3v) is 3.18. The van der Waals surface area contributed by atoms with E-state index in [0.717, 1.165) is 19.3 Å². The lowest BCUT2D eigenvalue weighted by molar-refractivity contribution is -0.147. The van der Waals surface area contributed by atoms with Crippen LogP contribution in [0.3, 0.4) is 0 Å². The molecule has 0 spiro atoms. The maximum Gasteiger partial charge on any atom is 0.309 e. The second kappa shape index (κ2) is 5.85. The number of hydrogen-bond donors (Lipinski definition) is 1. The molecule has 1 aromatic carbocycles. The van der Waals surface area contributed by atoms with Crippen LogP contribution < -0.4 is 0 Å². The fourth-order valence-corrected chi connectivity index (χ4v) is 1.73. The van der Waals surface area contributed by atoms with Gasteiger partial charge < -0.3 is 5.11 Å². The molecule has 0 heterocycles. The first-order valence-electron chi connectivity index (χ1n) is 6.27. The average Bonchev–Trinajstić information content (AvgIpc) is 2.28. The maximum absolute atomic E-state index is 11.0. The van der Waals surface area contributed by atoms with Crippen molar-refractivity contribution in [1.29, 1.82) is 0 Å². The Kier molecular flexibility index (Phi) is 4.73. The first kappa shape index (κ1) is 13.8. The summed E-state index contributed by atoms with van der Waals surface area (Å²) in [6, 6.07) is 8.52. The minimum Gasteiger partial charge on any atom is -0.481 e. The van der Waals surface area contributed by atoms with Gasteiger partial charge in [-0.25, -0.2) is 0 Å². The first-order valence-corrected chi connectivity index (χ1v) is 6.27. The number of aliphatic carboxylic acids is 1. The molecule has 2 nitrogen and oxygen atoms in total. The van der Waals surface area contributed by atoms with Crippen LogP contribution in [0.15, 0.2) is 24.3 Å². The van der Waals surface area contributed by atoms with Gasteiger partial charge >= 0.3 is 5.97 Å². The molecule has 0 aliphatic heterocycles. The van der Waals surface area contributed by atoms with Crippen molar-refractivity contribution in [3.8, 4) is 0 Å². The van der Waals surface area contributed by atoms with Crippen LogP contribution in [0.25, 0.3) is 0 Å². The summed E-state index contributed by atoms with van der Waals surface area (Å²) in [6.45, 7) is 5.73. The molecule has 0 aliphatic rings. The van der Waals surface area contributed by atoms with E-state index in [-0.39, 0.29) is 0 Å². The van der Waals surface area contributed by atoms with Crippen LogP contribution >= 0.6 is 0 Å². The lowest BCUT2D eigenvalue weighted by atomic mass is 9.86. The fraction of sp³-hybridized carbons (Fsp3) is 0.533. The second-order valence-corrected chi connectivity index (χ2v) is 5.26. The van der Waals surface area contributed by atoms with Gasteiger partial charge in [0, 0.05) is 0 Å². The molecular weight excluding hydrogens is 212 g/mol. The smallest absolute Gasteiger partial charge is 0.309 e. The Bertz CT molecular complexity index is 363. The van der Waals surface area contributed by atoms with Crippen molar-refractivity contribution in [2.75, 3.05) is 0 Å². The van der Waals surface area contributed by atoms with Crippen LogP contribution in [0.4, 0.5) is 0 Å². The Hall–Kier alpha value is -1.31. The van der Waals surface area contributed by atoms with E-state index in [1.165, 1.54) is 11.1 Å². The van der Waals surface area contributed by atoms with E-state index in [4.69, 9.17) is 5.11 Å². The van der Waals surface area contributed by atoms with Gasteiger partial charge in [0.2, 0.25) is 0 Å². The number of carbonyl (C=O) groups is 1. The van der Waals surface area contributed by atoms with Crippen molar-refractivity contribution in [1.82, 2.24) is 0 Å². The molecule has 0 saturated heterocycles. The quantitative estimate of drug-likeness (QED) is 0.815. The lowest BCUT2D eigenvalue weighted by Gasteiger charge is -2.18. The Morgan fingerprint density at radius 3 is 2.00 bits per heavy atom. The highest BCUT2D eigenvalue weighted by atomic mass is 16.4. The number of carboxylic acid groups (broad SMARTS) is 1. The zero-order valence-corrected chi connectivity index (χ0v) is 11.0. The van der Waals surface area contributed by atoms with E-state index in [2.05, 4.69) is 31.2 Å². The predicted molar refractivity (Wildman–Crippen MR) is 70.2 cm³/mol. The van der Waals surface area contributed by atoms with Gasteiger partial charge in [-0.2, -0.15) is 0 Å². The summed E-state index contributed by atoms with van der Waals surface area (Å²) < 4.78 is 0. The topological polar surface area (TPSA) is 37.3 Å². The molecule has 0 atom stereocenters. The van der Waals surface area contributed by atoms with Crippen LogP contribution in [0.5, 0.6) is 0 Å². The van der Waals surface area contributed by atoms with Crippen molar-refractivity contribution in [2.45, 2.75) is 46.5 Å². The van der Waals surface area contributed by atoms with Gasteiger partial charge in [-0.05, 0) is 44.2 Å². The maximum atomic E-state index is 11.0. The molecule has 0 unspecified atom stereocenters. The van der Waals surface area contributed by atoms with E-state index in [1.807, 2.05) is 0 Å². The molecule has 0 radical (unpaired) electrons. The molecule has 0 amide bonds. The van der Waals surface area contributed by atoms with Crippen LogP contribution in [-0.2, 0) is 17.6 Å². The zero-order chi connectivity index (χ0) is 12.9. The molecule has 1 rings (SSSR count). The number of hydrogen-bond acceptors (Lipinski definition) is 1.